The highest BCUT2D eigenvalue weighted by Gasteiger charge is 2.31. The average molecular weight is 470 g/mol. The Morgan fingerprint density at radius 1 is 1.31 bits per heavy atom. The fourth-order valence-electron chi connectivity index (χ4n) is 3.74. The number of amides is 1. The van der Waals surface area contributed by atoms with Crippen molar-refractivity contribution in [1.82, 2.24) is 4.98 Å². The molecule has 0 N–H and O–H groups in total. The SMILES string of the molecule is Cc1cc(Br)ccc1N(C=O)CCC1CCCN(c2ccc(C(F)(F)F)cn2)C1. The second kappa shape index (κ2) is 9.15. The molecule has 1 aromatic heterocycles. The maximum atomic E-state index is 12.7. The van der Waals surface area contributed by atoms with Gasteiger partial charge in [0.05, 0.1) is 5.56 Å². The summed E-state index contributed by atoms with van der Waals surface area (Å²) in [6, 6.07) is 8.33. The summed E-state index contributed by atoms with van der Waals surface area (Å²) >= 11 is 3.43. The zero-order chi connectivity index (χ0) is 21.0. The van der Waals surface area contributed by atoms with Gasteiger partial charge in [-0.15, -0.1) is 0 Å². The number of halogens is 4. The summed E-state index contributed by atoms with van der Waals surface area (Å²) in [7, 11) is 0. The van der Waals surface area contributed by atoms with Crippen molar-refractivity contribution in [1.29, 1.82) is 0 Å². The molecule has 3 rings (SSSR count). The third kappa shape index (κ3) is 5.50. The van der Waals surface area contributed by atoms with Gasteiger partial charge in [0, 0.05) is 36.0 Å². The van der Waals surface area contributed by atoms with Gasteiger partial charge < -0.3 is 9.80 Å². The minimum Gasteiger partial charge on any atom is -0.356 e. The smallest absolute Gasteiger partial charge is 0.356 e. The molecule has 1 saturated heterocycles. The van der Waals surface area contributed by atoms with Crippen LogP contribution in [0.1, 0.15) is 30.4 Å². The Bertz CT molecular complexity index is 842. The van der Waals surface area contributed by atoms with E-state index in [0.29, 0.717) is 18.3 Å². The molecule has 1 aromatic carbocycles. The molecule has 0 bridgehead atoms. The zero-order valence-corrected chi connectivity index (χ0v) is 17.7. The van der Waals surface area contributed by atoms with Crippen molar-refractivity contribution in [2.24, 2.45) is 5.92 Å². The molecule has 1 aliphatic rings. The first-order valence-corrected chi connectivity index (χ1v) is 10.3. The van der Waals surface area contributed by atoms with E-state index < -0.39 is 11.7 Å². The second-order valence-electron chi connectivity index (χ2n) is 7.38. The summed E-state index contributed by atoms with van der Waals surface area (Å²) in [5.41, 5.74) is 1.17. The fraction of sp³-hybridized carbons (Fsp3) is 0.429. The number of benzene rings is 1. The van der Waals surface area contributed by atoms with Crippen LogP contribution < -0.4 is 9.80 Å². The van der Waals surface area contributed by atoms with Gasteiger partial charge in [-0.3, -0.25) is 4.79 Å². The Hall–Kier alpha value is -2.09. The van der Waals surface area contributed by atoms with Crippen LogP contribution in [0.15, 0.2) is 41.0 Å². The van der Waals surface area contributed by atoms with E-state index in [2.05, 4.69) is 20.9 Å². The van der Waals surface area contributed by atoms with Crippen LogP contribution in [0.4, 0.5) is 24.7 Å². The topological polar surface area (TPSA) is 36.4 Å². The molecule has 1 unspecified atom stereocenters. The lowest BCUT2D eigenvalue weighted by Gasteiger charge is -2.34. The van der Waals surface area contributed by atoms with E-state index >= 15 is 0 Å². The molecule has 8 heteroatoms. The summed E-state index contributed by atoms with van der Waals surface area (Å²) in [5.74, 6) is 0.921. The van der Waals surface area contributed by atoms with Crippen LogP contribution in [0.3, 0.4) is 0 Å². The van der Waals surface area contributed by atoms with Crippen molar-refractivity contribution in [2.45, 2.75) is 32.4 Å². The van der Waals surface area contributed by atoms with Crippen LogP contribution in [-0.4, -0.2) is 31.0 Å². The first-order valence-electron chi connectivity index (χ1n) is 9.54. The van der Waals surface area contributed by atoms with E-state index in [1.165, 1.54) is 6.07 Å². The van der Waals surface area contributed by atoms with Crippen molar-refractivity contribution in [2.75, 3.05) is 29.4 Å². The predicted molar refractivity (Wildman–Crippen MR) is 111 cm³/mol. The Kier molecular flexibility index (Phi) is 6.82. The number of pyridine rings is 1. The van der Waals surface area contributed by atoms with Gasteiger partial charge in [-0.2, -0.15) is 13.2 Å². The van der Waals surface area contributed by atoms with E-state index in [-0.39, 0.29) is 0 Å². The molecule has 0 spiro atoms. The highest BCUT2D eigenvalue weighted by Crippen LogP contribution is 2.31. The number of anilines is 2. The molecule has 4 nitrogen and oxygen atoms in total. The summed E-state index contributed by atoms with van der Waals surface area (Å²) in [5, 5.41) is 0. The van der Waals surface area contributed by atoms with Gasteiger partial charge in [0.15, 0.2) is 0 Å². The van der Waals surface area contributed by atoms with Crippen molar-refractivity contribution < 1.29 is 18.0 Å². The molecule has 1 aliphatic heterocycles. The van der Waals surface area contributed by atoms with Gasteiger partial charge in [-0.1, -0.05) is 15.9 Å². The first-order chi connectivity index (χ1) is 13.8. The first kappa shape index (κ1) is 21.6. The number of nitrogens with zero attached hydrogens (tertiary/aromatic N) is 3. The number of carbonyl (C=O) groups is 1. The molecule has 2 aromatic rings. The third-order valence-electron chi connectivity index (χ3n) is 5.29. The molecule has 2 heterocycles. The van der Waals surface area contributed by atoms with E-state index in [1.807, 2.05) is 30.0 Å². The lowest BCUT2D eigenvalue weighted by Crippen LogP contribution is -2.37. The Morgan fingerprint density at radius 3 is 2.72 bits per heavy atom. The molecule has 1 amide bonds. The molecular formula is C21H23BrF3N3O. The largest absolute Gasteiger partial charge is 0.417 e. The minimum atomic E-state index is -4.38. The van der Waals surface area contributed by atoms with Gasteiger partial charge in [0.2, 0.25) is 6.41 Å². The summed E-state index contributed by atoms with van der Waals surface area (Å²) in [6.45, 7) is 4.07. The number of aryl methyl sites for hydroxylation is 1. The second-order valence-corrected chi connectivity index (χ2v) is 8.29. The highest BCUT2D eigenvalue weighted by atomic mass is 79.9. The van der Waals surface area contributed by atoms with E-state index in [9.17, 15) is 18.0 Å². The van der Waals surface area contributed by atoms with Crippen molar-refractivity contribution in [3.05, 3.63) is 52.1 Å². The third-order valence-corrected chi connectivity index (χ3v) is 5.79. The zero-order valence-electron chi connectivity index (χ0n) is 16.1. The monoisotopic (exact) mass is 469 g/mol. The Labute approximate surface area is 176 Å². The van der Waals surface area contributed by atoms with Crippen molar-refractivity contribution >= 4 is 33.8 Å². The lowest BCUT2D eigenvalue weighted by molar-refractivity contribution is -0.137. The van der Waals surface area contributed by atoms with E-state index in [4.69, 9.17) is 0 Å². The Balaban J connectivity index is 1.61. The predicted octanol–water partition coefficient (Wildman–Crippen LogP) is 5.44. The van der Waals surface area contributed by atoms with Gasteiger partial charge in [0.1, 0.15) is 5.82 Å². The molecule has 0 radical (unpaired) electrons. The molecule has 1 fully saturated rings. The fourth-order valence-corrected chi connectivity index (χ4v) is 4.22. The number of piperidine rings is 1. The number of aromatic nitrogens is 1. The van der Waals surface area contributed by atoms with Gasteiger partial charge in [0.25, 0.3) is 0 Å². The summed E-state index contributed by atoms with van der Waals surface area (Å²) in [4.78, 5) is 19.4. The van der Waals surface area contributed by atoms with Crippen LogP contribution in [0.2, 0.25) is 0 Å². The normalized spacial score (nSPS) is 17.3. The average Bonchev–Trinajstić information content (AvgIpc) is 2.69. The molecule has 1 atom stereocenters. The molecule has 29 heavy (non-hydrogen) atoms. The number of rotatable bonds is 6. The van der Waals surface area contributed by atoms with Gasteiger partial charge in [-0.25, -0.2) is 4.98 Å². The number of hydrogen-bond donors (Lipinski definition) is 0. The van der Waals surface area contributed by atoms with Gasteiger partial charge in [-0.05, 0) is 68.0 Å². The minimum absolute atomic E-state index is 0.353. The van der Waals surface area contributed by atoms with Crippen LogP contribution in [-0.2, 0) is 11.0 Å². The van der Waals surface area contributed by atoms with Crippen LogP contribution in [0.25, 0.3) is 0 Å². The molecule has 0 aliphatic carbocycles. The molecule has 0 saturated carbocycles. The van der Waals surface area contributed by atoms with Crippen LogP contribution in [0.5, 0.6) is 0 Å². The van der Waals surface area contributed by atoms with Crippen molar-refractivity contribution in [3.8, 4) is 0 Å². The van der Waals surface area contributed by atoms with E-state index in [0.717, 1.165) is 66.7 Å². The maximum Gasteiger partial charge on any atom is 0.417 e. The van der Waals surface area contributed by atoms with Crippen LogP contribution in [0, 0.1) is 12.8 Å². The lowest BCUT2D eigenvalue weighted by atomic mass is 9.94. The standard InChI is InChI=1S/C21H23BrF3N3O/c1-15-11-18(22)5-6-19(15)28(14-29)10-8-16-3-2-9-27(13-16)20-7-4-17(12-26-20)21(23,24)25/h4-7,11-12,14,16H,2-3,8-10,13H2,1H3. The van der Waals surface area contributed by atoms with Gasteiger partial charge >= 0.3 is 6.18 Å². The number of hydrogen-bond acceptors (Lipinski definition) is 3. The van der Waals surface area contributed by atoms with E-state index in [1.54, 1.807) is 4.90 Å². The number of carbonyl (C=O) groups excluding carboxylic acids is 1. The molecule has 156 valence electrons. The Morgan fingerprint density at radius 2 is 2.10 bits per heavy atom. The van der Waals surface area contributed by atoms with Crippen molar-refractivity contribution in [3.63, 3.8) is 0 Å². The maximum absolute atomic E-state index is 12.7. The number of alkyl halides is 3. The molecular weight excluding hydrogens is 447 g/mol. The van der Waals surface area contributed by atoms with Crippen LogP contribution >= 0.6 is 15.9 Å². The summed E-state index contributed by atoms with van der Waals surface area (Å²) in [6.07, 6.45) is 0.178. The highest BCUT2D eigenvalue weighted by molar-refractivity contribution is 9.10. The quantitative estimate of drug-likeness (QED) is 0.528. The summed E-state index contributed by atoms with van der Waals surface area (Å²) < 4.78 is 39.2.